The summed E-state index contributed by atoms with van der Waals surface area (Å²) in [7, 11) is 0. The first-order valence-electron chi connectivity index (χ1n) is 7.10. The quantitative estimate of drug-likeness (QED) is 0.826. The average molecular weight is 307 g/mol. The molecule has 0 fully saturated rings. The molecule has 1 atom stereocenters. The molecule has 22 heavy (non-hydrogen) atoms. The lowest BCUT2D eigenvalue weighted by molar-refractivity contribution is 0.0930. The molecule has 1 unspecified atom stereocenters. The summed E-state index contributed by atoms with van der Waals surface area (Å²) in [5, 5.41) is 19.3. The maximum absolute atomic E-state index is 13.7. The van der Waals surface area contributed by atoms with Crippen molar-refractivity contribution in [1.82, 2.24) is 4.90 Å². The molecule has 5 heteroatoms. The lowest BCUT2D eigenvalue weighted by atomic mass is 10.1. The summed E-state index contributed by atoms with van der Waals surface area (Å²) in [6.07, 6.45) is -1.16. The van der Waals surface area contributed by atoms with Gasteiger partial charge in [0.2, 0.25) is 0 Å². The van der Waals surface area contributed by atoms with Crippen LogP contribution in [0, 0.1) is 11.6 Å². The third-order valence-electron chi connectivity index (χ3n) is 3.41. The predicted octanol–water partition coefficient (Wildman–Crippen LogP) is 2.49. The van der Waals surface area contributed by atoms with Crippen molar-refractivity contribution < 1.29 is 19.0 Å². The summed E-state index contributed by atoms with van der Waals surface area (Å²) in [6, 6.07) is 12.6. The zero-order valence-electron chi connectivity index (χ0n) is 12.1. The van der Waals surface area contributed by atoms with E-state index in [0.717, 1.165) is 23.8 Å². The van der Waals surface area contributed by atoms with Crippen molar-refractivity contribution in [2.45, 2.75) is 12.6 Å². The molecule has 2 rings (SSSR count). The van der Waals surface area contributed by atoms with Crippen molar-refractivity contribution in [2.75, 3.05) is 19.7 Å². The van der Waals surface area contributed by atoms with Gasteiger partial charge in [0.1, 0.15) is 11.6 Å². The van der Waals surface area contributed by atoms with Crippen molar-refractivity contribution in [1.29, 1.82) is 0 Å². The molecule has 0 saturated heterocycles. The van der Waals surface area contributed by atoms with Crippen molar-refractivity contribution in [3.63, 3.8) is 0 Å². The third kappa shape index (κ3) is 4.59. The van der Waals surface area contributed by atoms with Gasteiger partial charge in [-0.2, -0.15) is 0 Å². The van der Waals surface area contributed by atoms with E-state index in [1.807, 2.05) is 30.3 Å². The molecule has 0 aromatic heterocycles. The summed E-state index contributed by atoms with van der Waals surface area (Å²) >= 11 is 0. The number of aliphatic hydroxyl groups excluding tert-OH is 2. The Bertz CT molecular complexity index is 592. The van der Waals surface area contributed by atoms with Crippen molar-refractivity contribution >= 4 is 0 Å². The van der Waals surface area contributed by atoms with E-state index in [1.54, 1.807) is 4.90 Å². The molecular weight excluding hydrogens is 288 g/mol. The summed E-state index contributed by atoms with van der Waals surface area (Å²) in [5.41, 5.74) is 0.943. The van der Waals surface area contributed by atoms with E-state index in [2.05, 4.69) is 0 Å². The monoisotopic (exact) mass is 307 g/mol. The van der Waals surface area contributed by atoms with Crippen molar-refractivity contribution in [3.05, 3.63) is 71.3 Å². The molecular formula is C17H19F2NO2. The Hall–Kier alpha value is -1.82. The second kappa shape index (κ2) is 7.98. The topological polar surface area (TPSA) is 43.7 Å². The van der Waals surface area contributed by atoms with Gasteiger partial charge < -0.3 is 10.2 Å². The highest BCUT2D eigenvalue weighted by Gasteiger charge is 2.17. The maximum Gasteiger partial charge on any atom is 0.129 e. The second-order valence-electron chi connectivity index (χ2n) is 5.13. The summed E-state index contributed by atoms with van der Waals surface area (Å²) in [6.45, 7) is 0.874. The standard InChI is InChI=1S/C17H19F2NO2/c18-14-6-7-16(19)15(10-14)17(22)12-20(8-9-21)11-13-4-2-1-3-5-13/h1-7,10,17,21-22H,8-9,11-12H2. The van der Waals surface area contributed by atoms with Gasteiger partial charge in [-0.1, -0.05) is 30.3 Å². The van der Waals surface area contributed by atoms with Gasteiger partial charge in [0.25, 0.3) is 0 Å². The average Bonchev–Trinajstić information content (AvgIpc) is 2.51. The minimum atomic E-state index is -1.16. The Labute approximate surface area is 128 Å². The number of halogens is 2. The van der Waals surface area contributed by atoms with Crippen LogP contribution < -0.4 is 0 Å². The lowest BCUT2D eigenvalue weighted by Gasteiger charge is -2.24. The van der Waals surface area contributed by atoms with Crippen LogP contribution in [-0.2, 0) is 6.54 Å². The number of rotatable bonds is 7. The van der Waals surface area contributed by atoms with Gasteiger partial charge in [-0.05, 0) is 23.8 Å². The minimum Gasteiger partial charge on any atom is -0.395 e. The van der Waals surface area contributed by atoms with Crippen LogP contribution in [0.25, 0.3) is 0 Å². The molecule has 2 aromatic carbocycles. The molecule has 0 aliphatic rings. The first-order chi connectivity index (χ1) is 10.6. The van der Waals surface area contributed by atoms with E-state index in [0.29, 0.717) is 13.1 Å². The fourth-order valence-corrected chi connectivity index (χ4v) is 2.33. The largest absolute Gasteiger partial charge is 0.395 e. The van der Waals surface area contributed by atoms with Crippen LogP contribution in [0.5, 0.6) is 0 Å². The van der Waals surface area contributed by atoms with Crippen LogP contribution in [0.4, 0.5) is 8.78 Å². The molecule has 0 radical (unpaired) electrons. The number of benzene rings is 2. The zero-order chi connectivity index (χ0) is 15.9. The van der Waals surface area contributed by atoms with E-state index >= 15 is 0 Å². The summed E-state index contributed by atoms with van der Waals surface area (Å²) < 4.78 is 26.9. The van der Waals surface area contributed by atoms with E-state index < -0.39 is 17.7 Å². The van der Waals surface area contributed by atoms with Crippen LogP contribution in [0.3, 0.4) is 0 Å². The number of aliphatic hydroxyl groups is 2. The maximum atomic E-state index is 13.7. The molecule has 0 aliphatic heterocycles. The van der Waals surface area contributed by atoms with Crippen LogP contribution in [-0.4, -0.2) is 34.8 Å². The van der Waals surface area contributed by atoms with Gasteiger partial charge >= 0.3 is 0 Å². The van der Waals surface area contributed by atoms with Gasteiger partial charge in [-0.25, -0.2) is 8.78 Å². The van der Waals surface area contributed by atoms with Crippen LogP contribution in [0.1, 0.15) is 17.2 Å². The number of hydrogen-bond acceptors (Lipinski definition) is 3. The molecule has 2 N–H and O–H groups in total. The Balaban J connectivity index is 2.08. The van der Waals surface area contributed by atoms with Crippen LogP contribution in [0.2, 0.25) is 0 Å². The van der Waals surface area contributed by atoms with Crippen LogP contribution >= 0.6 is 0 Å². The van der Waals surface area contributed by atoms with Gasteiger partial charge in [-0.15, -0.1) is 0 Å². The lowest BCUT2D eigenvalue weighted by Crippen LogP contribution is -2.31. The molecule has 0 heterocycles. The molecule has 0 aliphatic carbocycles. The highest BCUT2D eigenvalue weighted by Crippen LogP contribution is 2.20. The predicted molar refractivity (Wildman–Crippen MR) is 80.1 cm³/mol. The molecule has 0 saturated carbocycles. The van der Waals surface area contributed by atoms with Crippen molar-refractivity contribution in [2.24, 2.45) is 0 Å². The minimum absolute atomic E-state index is 0.0731. The number of hydrogen-bond donors (Lipinski definition) is 2. The van der Waals surface area contributed by atoms with E-state index in [4.69, 9.17) is 5.11 Å². The molecule has 3 nitrogen and oxygen atoms in total. The Morgan fingerprint density at radius 3 is 2.45 bits per heavy atom. The summed E-state index contributed by atoms with van der Waals surface area (Å²) in [5.74, 6) is -1.23. The SMILES string of the molecule is OCCN(Cc1ccccc1)CC(O)c1cc(F)ccc1F. The Kier molecular flexibility index (Phi) is 6.00. The number of nitrogens with zero attached hydrogens (tertiary/aromatic N) is 1. The highest BCUT2D eigenvalue weighted by molar-refractivity contribution is 5.21. The van der Waals surface area contributed by atoms with Gasteiger partial charge in [0, 0.05) is 25.2 Å². The second-order valence-corrected chi connectivity index (χ2v) is 5.13. The van der Waals surface area contributed by atoms with E-state index in [1.165, 1.54) is 0 Å². The molecule has 0 spiro atoms. The van der Waals surface area contributed by atoms with Gasteiger partial charge in [0.15, 0.2) is 0 Å². The first kappa shape index (κ1) is 16.5. The summed E-state index contributed by atoms with van der Waals surface area (Å²) in [4.78, 5) is 1.80. The van der Waals surface area contributed by atoms with E-state index in [9.17, 15) is 13.9 Å². The normalized spacial score (nSPS) is 12.6. The zero-order valence-corrected chi connectivity index (χ0v) is 12.1. The van der Waals surface area contributed by atoms with Crippen molar-refractivity contribution in [3.8, 4) is 0 Å². The van der Waals surface area contributed by atoms with Gasteiger partial charge in [0.05, 0.1) is 12.7 Å². The van der Waals surface area contributed by atoms with Gasteiger partial charge in [-0.3, -0.25) is 4.90 Å². The molecule has 0 bridgehead atoms. The first-order valence-corrected chi connectivity index (χ1v) is 7.10. The Morgan fingerprint density at radius 1 is 1.05 bits per heavy atom. The third-order valence-corrected chi connectivity index (χ3v) is 3.41. The fraction of sp³-hybridized carbons (Fsp3) is 0.294. The van der Waals surface area contributed by atoms with Crippen LogP contribution in [0.15, 0.2) is 48.5 Å². The highest BCUT2D eigenvalue weighted by atomic mass is 19.1. The van der Waals surface area contributed by atoms with E-state index in [-0.39, 0.29) is 18.7 Å². The molecule has 0 amide bonds. The Morgan fingerprint density at radius 2 is 1.77 bits per heavy atom. The molecule has 118 valence electrons. The smallest absolute Gasteiger partial charge is 0.129 e. The molecule has 2 aromatic rings. The fourth-order valence-electron chi connectivity index (χ4n) is 2.33.